The van der Waals surface area contributed by atoms with Crippen LogP contribution < -0.4 is 5.73 Å². The summed E-state index contributed by atoms with van der Waals surface area (Å²) < 4.78 is 5.75. The predicted molar refractivity (Wildman–Crippen MR) is 86.9 cm³/mol. The molecule has 0 aliphatic rings. The number of hydrogen-bond acceptors (Lipinski definition) is 4. The van der Waals surface area contributed by atoms with Gasteiger partial charge in [0.15, 0.2) is 5.58 Å². The van der Waals surface area contributed by atoms with Crippen LogP contribution in [0.25, 0.3) is 11.1 Å². The lowest BCUT2D eigenvalue weighted by Gasteiger charge is -2.11. The van der Waals surface area contributed by atoms with Crippen molar-refractivity contribution in [1.29, 1.82) is 0 Å². The topological polar surface area (TPSA) is 52.0 Å². The summed E-state index contributed by atoms with van der Waals surface area (Å²) in [4.78, 5) is 5.51. The molecule has 0 saturated carbocycles. The molecule has 0 aliphatic carbocycles. The van der Waals surface area contributed by atoms with E-state index in [1.165, 1.54) is 11.8 Å². The van der Waals surface area contributed by atoms with Gasteiger partial charge in [0.2, 0.25) is 0 Å². The van der Waals surface area contributed by atoms with Crippen molar-refractivity contribution < 1.29 is 4.42 Å². The van der Waals surface area contributed by atoms with Crippen LogP contribution in [0.1, 0.15) is 12.5 Å². The molecule has 0 fully saturated rings. The van der Waals surface area contributed by atoms with Gasteiger partial charge in [-0.15, -0.1) is 0 Å². The van der Waals surface area contributed by atoms with Crippen LogP contribution in [0.3, 0.4) is 0 Å². The van der Waals surface area contributed by atoms with E-state index < -0.39 is 0 Å². The zero-order valence-electron chi connectivity index (χ0n) is 11.5. The molecule has 0 bridgehead atoms. The third kappa shape index (κ3) is 3.23. The van der Waals surface area contributed by atoms with Gasteiger partial charge >= 0.3 is 0 Å². The number of halogens is 1. The fourth-order valence-electron chi connectivity index (χ4n) is 2.14. The number of fused-ring (bicyclic) bond motifs is 1. The Morgan fingerprint density at radius 2 is 2.05 bits per heavy atom. The summed E-state index contributed by atoms with van der Waals surface area (Å²) in [6, 6.07) is 13.6. The third-order valence-electron chi connectivity index (χ3n) is 3.07. The Hall–Kier alpha value is -1.49. The second kappa shape index (κ2) is 6.10. The van der Waals surface area contributed by atoms with Crippen LogP contribution in [0.2, 0.25) is 5.02 Å². The van der Waals surface area contributed by atoms with E-state index in [1.807, 2.05) is 49.4 Å². The summed E-state index contributed by atoms with van der Waals surface area (Å²) in [6.45, 7) is 1.97. The highest BCUT2D eigenvalue weighted by Crippen LogP contribution is 2.35. The van der Waals surface area contributed by atoms with Gasteiger partial charge in [-0.1, -0.05) is 29.8 Å². The lowest BCUT2D eigenvalue weighted by molar-refractivity contribution is 0.489. The Bertz CT molecular complexity index is 737. The Labute approximate surface area is 132 Å². The van der Waals surface area contributed by atoms with Crippen LogP contribution in [0, 0.1) is 0 Å². The van der Waals surface area contributed by atoms with Gasteiger partial charge in [-0.25, -0.2) is 4.98 Å². The van der Waals surface area contributed by atoms with E-state index >= 15 is 0 Å². The number of oxazole rings is 1. The van der Waals surface area contributed by atoms with E-state index in [2.05, 4.69) is 4.98 Å². The molecule has 21 heavy (non-hydrogen) atoms. The molecule has 0 aliphatic heterocycles. The van der Waals surface area contributed by atoms with Crippen LogP contribution in [0.4, 0.5) is 0 Å². The average molecular weight is 319 g/mol. The number of nitrogens with two attached hydrogens (primary N) is 1. The quantitative estimate of drug-likeness (QED) is 0.768. The fourth-order valence-corrected chi connectivity index (χ4v) is 3.38. The minimum Gasteiger partial charge on any atom is -0.431 e. The molecule has 2 N–H and O–H groups in total. The molecule has 1 atom stereocenters. The first-order chi connectivity index (χ1) is 10.1. The number of benzene rings is 2. The van der Waals surface area contributed by atoms with E-state index in [1.54, 1.807) is 0 Å². The highest BCUT2D eigenvalue weighted by Gasteiger charge is 2.13. The number of nitrogens with zero attached hydrogens (tertiary/aromatic N) is 1. The monoisotopic (exact) mass is 318 g/mol. The Morgan fingerprint density at radius 1 is 1.24 bits per heavy atom. The van der Waals surface area contributed by atoms with Gasteiger partial charge < -0.3 is 10.2 Å². The molecule has 108 valence electrons. The van der Waals surface area contributed by atoms with E-state index in [9.17, 15) is 0 Å². The molecule has 0 amide bonds. The second-order valence-electron chi connectivity index (χ2n) is 4.95. The van der Waals surface area contributed by atoms with Crippen molar-refractivity contribution in [2.45, 2.75) is 29.5 Å². The first kappa shape index (κ1) is 14.4. The number of hydrogen-bond donors (Lipinski definition) is 1. The molecule has 0 radical (unpaired) electrons. The highest BCUT2D eigenvalue weighted by atomic mass is 35.5. The third-order valence-corrected chi connectivity index (χ3v) is 4.38. The Balaban J connectivity index is 1.95. The summed E-state index contributed by atoms with van der Waals surface area (Å²) >= 11 is 7.78. The van der Waals surface area contributed by atoms with Gasteiger partial charge in [-0.05, 0) is 54.9 Å². The molecule has 2 aromatic carbocycles. The summed E-state index contributed by atoms with van der Waals surface area (Å²) in [7, 11) is 0. The molecular formula is C16H15ClN2OS. The van der Waals surface area contributed by atoms with Crippen molar-refractivity contribution in [3.8, 4) is 0 Å². The van der Waals surface area contributed by atoms with Crippen LogP contribution in [0.5, 0.6) is 0 Å². The van der Waals surface area contributed by atoms with E-state index in [4.69, 9.17) is 21.8 Å². The maximum atomic E-state index is 6.30. The summed E-state index contributed by atoms with van der Waals surface area (Å²) in [5, 5.41) is 1.35. The average Bonchev–Trinajstić information content (AvgIpc) is 2.84. The van der Waals surface area contributed by atoms with E-state index in [0.717, 1.165) is 33.0 Å². The van der Waals surface area contributed by atoms with Crippen molar-refractivity contribution in [1.82, 2.24) is 4.98 Å². The van der Waals surface area contributed by atoms with Gasteiger partial charge in [0.05, 0.1) is 0 Å². The number of para-hydroxylation sites is 2. The minimum atomic E-state index is 0.0490. The van der Waals surface area contributed by atoms with Crippen molar-refractivity contribution >= 4 is 34.5 Å². The highest BCUT2D eigenvalue weighted by molar-refractivity contribution is 7.99. The largest absolute Gasteiger partial charge is 0.431 e. The SMILES string of the molecule is CC(N)Cc1c(Cl)cccc1Sc1nc2ccccc2o1. The summed E-state index contributed by atoms with van der Waals surface area (Å²) in [5.41, 5.74) is 8.60. The van der Waals surface area contributed by atoms with Gasteiger partial charge in [0, 0.05) is 16.0 Å². The fraction of sp³-hybridized carbons (Fsp3) is 0.188. The summed E-state index contributed by atoms with van der Waals surface area (Å²) in [5.74, 6) is 0. The molecule has 5 heteroatoms. The van der Waals surface area contributed by atoms with Gasteiger partial charge in [0.1, 0.15) is 5.52 Å². The molecule has 3 aromatic rings. The van der Waals surface area contributed by atoms with Crippen molar-refractivity contribution in [2.24, 2.45) is 5.73 Å². The molecule has 1 aromatic heterocycles. The minimum absolute atomic E-state index is 0.0490. The smallest absolute Gasteiger partial charge is 0.261 e. The van der Waals surface area contributed by atoms with Gasteiger partial charge in [0.25, 0.3) is 5.22 Å². The molecule has 3 rings (SSSR count). The lowest BCUT2D eigenvalue weighted by Crippen LogP contribution is -2.18. The van der Waals surface area contributed by atoms with Crippen molar-refractivity contribution in [3.05, 3.63) is 53.1 Å². The zero-order chi connectivity index (χ0) is 14.8. The Kier molecular flexibility index (Phi) is 4.19. The van der Waals surface area contributed by atoms with Gasteiger partial charge in [-0.3, -0.25) is 0 Å². The molecule has 3 nitrogen and oxygen atoms in total. The van der Waals surface area contributed by atoms with E-state index in [0.29, 0.717) is 5.22 Å². The number of rotatable bonds is 4. The maximum Gasteiger partial charge on any atom is 0.261 e. The standard InChI is InChI=1S/C16H15ClN2OS/c1-10(18)9-11-12(17)5-4-8-15(11)21-16-19-13-6-2-3-7-14(13)20-16/h2-8,10H,9,18H2,1H3. The van der Waals surface area contributed by atoms with Crippen LogP contribution in [0.15, 0.2) is 57.0 Å². The van der Waals surface area contributed by atoms with Crippen molar-refractivity contribution in [3.63, 3.8) is 0 Å². The second-order valence-corrected chi connectivity index (χ2v) is 6.35. The lowest BCUT2D eigenvalue weighted by atomic mass is 10.1. The van der Waals surface area contributed by atoms with Gasteiger partial charge in [-0.2, -0.15) is 0 Å². The van der Waals surface area contributed by atoms with Crippen molar-refractivity contribution in [2.75, 3.05) is 0 Å². The van der Waals surface area contributed by atoms with E-state index in [-0.39, 0.29) is 6.04 Å². The van der Waals surface area contributed by atoms with Crippen LogP contribution in [-0.4, -0.2) is 11.0 Å². The zero-order valence-corrected chi connectivity index (χ0v) is 13.1. The molecule has 0 saturated heterocycles. The molecule has 0 spiro atoms. The Morgan fingerprint density at radius 3 is 2.81 bits per heavy atom. The normalized spacial score (nSPS) is 12.7. The first-order valence-electron chi connectivity index (χ1n) is 6.70. The summed E-state index contributed by atoms with van der Waals surface area (Å²) in [6.07, 6.45) is 0.724. The van der Waals surface area contributed by atoms with Crippen LogP contribution in [-0.2, 0) is 6.42 Å². The number of aromatic nitrogens is 1. The first-order valence-corrected chi connectivity index (χ1v) is 7.89. The van der Waals surface area contributed by atoms with Crippen LogP contribution >= 0.6 is 23.4 Å². The predicted octanol–water partition coefficient (Wildman–Crippen LogP) is 4.52. The molecule has 1 heterocycles. The maximum absolute atomic E-state index is 6.30. The molecule has 1 unspecified atom stereocenters. The molecular weight excluding hydrogens is 304 g/mol.